The van der Waals surface area contributed by atoms with E-state index in [4.69, 9.17) is 0 Å². The average molecular weight is 340 g/mol. The lowest BCUT2D eigenvalue weighted by molar-refractivity contribution is -0.385. The lowest BCUT2D eigenvalue weighted by Crippen LogP contribution is -2.29. The number of nitro groups is 1. The van der Waals surface area contributed by atoms with Crippen LogP contribution < -0.4 is 10.7 Å². The molecule has 25 heavy (non-hydrogen) atoms. The Bertz CT molecular complexity index is 790. The largest absolute Gasteiger partial charge is 0.352 e. The van der Waals surface area contributed by atoms with Gasteiger partial charge in [-0.15, -0.1) is 0 Å². The fourth-order valence-corrected chi connectivity index (χ4v) is 1.98. The number of carbonyl (C=O) groups excluding carboxylic acids is 2. The van der Waals surface area contributed by atoms with Gasteiger partial charge in [0.25, 0.3) is 5.69 Å². The molecule has 128 valence electrons. The molecule has 2 aromatic carbocycles. The molecule has 8 heteroatoms. The molecule has 0 aliphatic carbocycles. The smallest absolute Gasteiger partial charge is 0.278 e. The normalized spacial score (nSPS) is 10.4. The third-order valence-electron chi connectivity index (χ3n) is 3.18. The number of para-hydroxylation sites is 1. The molecular weight excluding hydrogens is 324 g/mol. The van der Waals surface area contributed by atoms with Crippen molar-refractivity contribution < 1.29 is 14.5 Å². The zero-order valence-corrected chi connectivity index (χ0v) is 13.2. The summed E-state index contributed by atoms with van der Waals surface area (Å²) in [6, 6.07) is 15.3. The maximum Gasteiger partial charge on any atom is 0.278 e. The summed E-state index contributed by atoms with van der Waals surface area (Å²) in [5, 5.41) is 17.1. The molecule has 0 fully saturated rings. The van der Waals surface area contributed by atoms with Crippen molar-refractivity contribution in [3.63, 3.8) is 0 Å². The van der Waals surface area contributed by atoms with E-state index in [0.717, 1.165) is 11.8 Å². The third kappa shape index (κ3) is 5.87. The Balaban J connectivity index is 1.80. The second-order valence-electron chi connectivity index (χ2n) is 5.05. The van der Waals surface area contributed by atoms with Crippen LogP contribution in [0.25, 0.3) is 0 Å². The lowest BCUT2D eigenvalue weighted by atomic mass is 10.2. The predicted molar refractivity (Wildman–Crippen MR) is 91.7 cm³/mol. The number of hydrogen-bond donors (Lipinski definition) is 2. The van der Waals surface area contributed by atoms with Crippen LogP contribution in [0.2, 0.25) is 0 Å². The molecule has 2 rings (SSSR count). The van der Waals surface area contributed by atoms with Crippen molar-refractivity contribution in [1.82, 2.24) is 10.7 Å². The maximum atomic E-state index is 11.7. The van der Waals surface area contributed by atoms with Crippen molar-refractivity contribution in [2.75, 3.05) is 0 Å². The van der Waals surface area contributed by atoms with E-state index in [9.17, 15) is 19.7 Å². The van der Waals surface area contributed by atoms with E-state index in [-0.39, 0.29) is 17.7 Å². The molecule has 0 aromatic heterocycles. The van der Waals surface area contributed by atoms with E-state index in [1.54, 1.807) is 6.07 Å². The second-order valence-corrected chi connectivity index (χ2v) is 5.05. The van der Waals surface area contributed by atoms with Crippen LogP contribution in [0, 0.1) is 10.1 Å². The summed E-state index contributed by atoms with van der Waals surface area (Å²) in [5.41, 5.74) is 3.22. The van der Waals surface area contributed by atoms with Gasteiger partial charge in [0, 0.05) is 12.6 Å². The van der Waals surface area contributed by atoms with Gasteiger partial charge < -0.3 is 5.32 Å². The number of carbonyl (C=O) groups is 2. The van der Waals surface area contributed by atoms with Gasteiger partial charge in [0.2, 0.25) is 11.8 Å². The molecule has 0 aliphatic heterocycles. The molecule has 0 atom stereocenters. The van der Waals surface area contributed by atoms with Gasteiger partial charge >= 0.3 is 0 Å². The monoisotopic (exact) mass is 340 g/mol. The van der Waals surface area contributed by atoms with Gasteiger partial charge in [-0.1, -0.05) is 42.5 Å². The van der Waals surface area contributed by atoms with Crippen molar-refractivity contribution in [2.45, 2.75) is 13.0 Å². The van der Waals surface area contributed by atoms with Gasteiger partial charge in [0.05, 0.1) is 16.7 Å². The van der Waals surface area contributed by atoms with Crippen LogP contribution in [-0.2, 0) is 16.1 Å². The summed E-state index contributed by atoms with van der Waals surface area (Å²) in [7, 11) is 0. The number of rotatable bonds is 7. The summed E-state index contributed by atoms with van der Waals surface area (Å²) in [5.74, 6) is -1.05. The fraction of sp³-hybridized carbons (Fsp3) is 0.118. The SMILES string of the molecule is O=C(CC(=O)N/N=C\c1ccccc1[N+](=O)[O-])NCc1ccccc1. The van der Waals surface area contributed by atoms with E-state index in [0.29, 0.717) is 6.54 Å². The molecule has 0 saturated carbocycles. The molecule has 2 amide bonds. The Labute approximate surface area is 143 Å². The van der Waals surface area contributed by atoms with E-state index in [1.807, 2.05) is 30.3 Å². The number of nitrogens with zero attached hydrogens (tertiary/aromatic N) is 2. The van der Waals surface area contributed by atoms with Crippen LogP contribution in [0.3, 0.4) is 0 Å². The Morgan fingerprint density at radius 1 is 1.04 bits per heavy atom. The summed E-state index contributed by atoms with van der Waals surface area (Å²) in [6.45, 7) is 0.326. The Hall–Kier alpha value is -3.55. The average Bonchev–Trinajstić information content (AvgIpc) is 2.61. The molecule has 0 saturated heterocycles. The zero-order valence-electron chi connectivity index (χ0n) is 13.2. The number of hydrazone groups is 1. The highest BCUT2D eigenvalue weighted by molar-refractivity contribution is 5.97. The molecule has 0 aliphatic rings. The highest BCUT2D eigenvalue weighted by Crippen LogP contribution is 2.14. The maximum absolute atomic E-state index is 11.7. The van der Waals surface area contributed by atoms with Gasteiger partial charge in [-0.3, -0.25) is 19.7 Å². The van der Waals surface area contributed by atoms with Crippen molar-refractivity contribution in [1.29, 1.82) is 0 Å². The fourth-order valence-electron chi connectivity index (χ4n) is 1.98. The molecule has 8 nitrogen and oxygen atoms in total. The number of nitrogens with one attached hydrogen (secondary N) is 2. The zero-order chi connectivity index (χ0) is 18.1. The van der Waals surface area contributed by atoms with E-state index in [2.05, 4.69) is 15.8 Å². The highest BCUT2D eigenvalue weighted by Gasteiger charge is 2.11. The van der Waals surface area contributed by atoms with Crippen molar-refractivity contribution in [2.24, 2.45) is 5.10 Å². The minimum Gasteiger partial charge on any atom is -0.352 e. The standard InChI is InChI=1S/C17H16N4O4/c22-16(18-11-13-6-2-1-3-7-13)10-17(23)20-19-12-14-8-4-5-9-15(14)21(24)25/h1-9,12H,10-11H2,(H,18,22)(H,20,23)/b19-12-. The summed E-state index contributed by atoms with van der Waals surface area (Å²) in [4.78, 5) is 33.7. The van der Waals surface area contributed by atoms with Gasteiger partial charge in [-0.05, 0) is 11.6 Å². The van der Waals surface area contributed by atoms with Gasteiger partial charge in [-0.25, -0.2) is 5.43 Å². The molecule has 0 radical (unpaired) electrons. The first kappa shape index (κ1) is 17.8. The molecular formula is C17H16N4O4. The first-order chi connectivity index (χ1) is 12.1. The van der Waals surface area contributed by atoms with Crippen LogP contribution in [0.4, 0.5) is 5.69 Å². The number of hydrogen-bond acceptors (Lipinski definition) is 5. The number of nitro benzene ring substituents is 1. The predicted octanol–water partition coefficient (Wildman–Crippen LogP) is 1.75. The van der Waals surface area contributed by atoms with Crippen LogP contribution in [0.1, 0.15) is 17.5 Å². The van der Waals surface area contributed by atoms with E-state index < -0.39 is 16.7 Å². The first-order valence-corrected chi connectivity index (χ1v) is 7.42. The van der Waals surface area contributed by atoms with Gasteiger partial charge in [-0.2, -0.15) is 5.10 Å². The van der Waals surface area contributed by atoms with E-state index in [1.165, 1.54) is 18.2 Å². The number of amides is 2. The van der Waals surface area contributed by atoms with E-state index >= 15 is 0 Å². The molecule has 0 bridgehead atoms. The van der Waals surface area contributed by atoms with Crippen molar-refractivity contribution in [3.05, 3.63) is 75.8 Å². The van der Waals surface area contributed by atoms with Gasteiger partial charge in [0.15, 0.2) is 0 Å². The van der Waals surface area contributed by atoms with Crippen LogP contribution in [0.15, 0.2) is 59.7 Å². The van der Waals surface area contributed by atoms with Crippen molar-refractivity contribution >= 4 is 23.7 Å². The molecule has 2 N–H and O–H groups in total. The van der Waals surface area contributed by atoms with Crippen LogP contribution in [0.5, 0.6) is 0 Å². The second kappa shape index (κ2) is 8.92. The Morgan fingerprint density at radius 2 is 1.72 bits per heavy atom. The quantitative estimate of drug-likeness (QED) is 0.346. The molecule has 2 aromatic rings. The molecule has 0 heterocycles. The van der Waals surface area contributed by atoms with Crippen molar-refractivity contribution in [3.8, 4) is 0 Å². The highest BCUT2D eigenvalue weighted by atomic mass is 16.6. The van der Waals surface area contributed by atoms with Crippen LogP contribution in [-0.4, -0.2) is 23.0 Å². The third-order valence-corrected chi connectivity index (χ3v) is 3.18. The van der Waals surface area contributed by atoms with Crippen LogP contribution >= 0.6 is 0 Å². The Morgan fingerprint density at radius 3 is 2.44 bits per heavy atom. The summed E-state index contributed by atoms with van der Waals surface area (Å²) < 4.78 is 0. The lowest BCUT2D eigenvalue weighted by Gasteiger charge is -2.04. The first-order valence-electron chi connectivity index (χ1n) is 7.42. The summed E-state index contributed by atoms with van der Waals surface area (Å²) in [6.07, 6.45) is 0.777. The Kier molecular flexibility index (Phi) is 6.35. The molecule has 0 unspecified atom stereocenters. The number of benzene rings is 2. The molecule has 0 spiro atoms. The minimum atomic E-state index is -0.611. The van der Waals surface area contributed by atoms with Gasteiger partial charge in [0.1, 0.15) is 6.42 Å². The topological polar surface area (TPSA) is 114 Å². The minimum absolute atomic E-state index is 0.124. The summed E-state index contributed by atoms with van der Waals surface area (Å²) >= 11 is 0.